The van der Waals surface area contributed by atoms with Crippen molar-refractivity contribution in [2.75, 3.05) is 24.5 Å². The van der Waals surface area contributed by atoms with Crippen LogP contribution in [0.15, 0.2) is 67.0 Å². The summed E-state index contributed by atoms with van der Waals surface area (Å²) in [6.45, 7) is 6.67. The number of carbonyl (C=O) groups is 1. The minimum Gasteiger partial charge on any atom is -0.438 e. The number of cyclic esters (lactones) is 1. The Morgan fingerprint density at radius 1 is 1.08 bits per heavy atom. The Morgan fingerprint density at radius 3 is 2.30 bits per heavy atom. The first-order valence-electron chi connectivity index (χ1n) is 12.7. The summed E-state index contributed by atoms with van der Waals surface area (Å²) >= 11 is 0. The summed E-state index contributed by atoms with van der Waals surface area (Å²) in [4.78, 5) is 25.6. The van der Waals surface area contributed by atoms with Crippen LogP contribution in [0.3, 0.4) is 0 Å². The maximum atomic E-state index is 13.3. The largest absolute Gasteiger partial charge is 0.438 e. The molecule has 2 atom stereocenters. The molecule has 37 heavy (non-hydrogen) atoms. The van der Waals surface area contributed by atoms with Gasteiger partial charge < -0.3 is 19.6 Å². The molecule has 0 unspecified atom stereocenters. The first-order chi connectivity index (χ1) is 17.6. The molecule has 7 nitrogen and oxygen atoms in total. The molecule has 5 rings (SSSR count). The van der Waals surface area contributed by atoms with Gasteiger partial charge >= 0.3 is 6.09 Å². The van der Waals surface area contributed by atoms with Gasteiger partial charge in [0.05, 0.1) is 24.7 Å². The number of amides is 1. The number of alkyl halides is 1. The average Bonchev–Trinajstić information content (AvgIpc) is 2.86. The van der Waals surface area contributed by atoms with Crippen molar-refractivity contribution < 1.29 is 19.0 Å². The summed E-state index contributed by atoms with van der Waals surface area (Å²) < 4.78 is 19.2. The van der Waals surface area contributed by atoms with Crippen LogP contribution in [0.25, 0.3) is 11.1 Å². The van der Waals surface area contributed by atoms with E-state index in [9.17, 15) is 14.3 Å². The van der Waals surface area contributed by atoms with Crippen LogP contribution < -0.4 is 4.90 Å². The van der Waals surface area contributed by atoms with Gasteiger partial charge in [0.25, 0.3) is 0 Å². The fraction of sp³-hybridized carbons (Fsp3) is 0.414. The molecule has 2 aromatic carbocycles. The van der Waals surface area contributed by atoms with Crippen LogP contribution in [0.1, 0.15) is 50.8 Å². The molecular weight excluding hydrogens is 471 g/mol. The third-order valence-electron chi connectivity index (χ3n) is 7.24. The van der Waals surface area contributed by atoms with E-state index in [1.165, 1.54) is 0 Å². The lowest BCUT2D eigenvalue weighted by Gasteiger charge is -2.45. The number of ether oxygens (including phenoxy) is 1. The first-order valence-corrected chi connectivity index (χ1v) is 12.7. The van der Waals surface area contributed by atoms with E-state index in [1.807, 2.05) is 66.4 Å². The topological polar surface area (TPSA) is 78.8 Å². The molecule has 1 N–H and O–H groups in total. The SMILES string of the molecule is C[C@@H](c1ccc(-c2cnc(N3CC(F)C3)nc2)cc1)N1CC[C@](CC(C)(C)O)(c2ccccc2)OC1=O. The van der Waals surface area contributed by atoms with Gasteiger partial charge in [0.2, 0.25) is 5.95 Å². The molecule has 3 heterocycles. The van der Waals surface area contributed by atoms with Crippen molar-refractivity contribution in [2.24, 2.45) is 0 Å². The summed E-state index contributed by atoms with van der Waals surface area (Å²) in [5.74, 6) is 0.544. The third-order valence-corrected chi connectivity index (χ3v) is 7.24. The minimum absolute atomic E-state index is 0.184. The zero-order valence-electron chi connectivity index (χ0n) is 21.5. The number of nitrogens with zero attached hydrogens (tertiary/aromatic N) is 4. The monoisotopic (exact) mass is 504 g/mol. The fourth-order valence-corrected chi connectivity index (χ4v) is 5.25. The van der Waals surface area contributed by atoms with Crippen LogP contribution in [-0.2, 0) is 10.3 Å². The Bertz CT molecular complexity index is 1220. The van der Waals surface area contributed by atoms with Crippen molar-refractivity contribution in [3.05, 3.63) is 78.1 Å². The van der Waals surface area contributed by atoms with Crippen molar-refractivity contribution in [3.63, 3.8) is 0 Å². The summed E-state index contributed by atoms with van der Waals surface area (Å²) in [7, 11) is 0. The van der Waals surface area contributed by atoms with Crippen molar-refractivity contribution in [1.29, 1.82) is 0 Å². The first kappa shape index (κ1) is 25.1. The number of rotatable bonds is 7. The Kier molecular flexibility index (Phi) is 6.62. The van der Waals surface area contributed by atoms with Crippen molar-refractivity contribution in [2.45, 2.75) is 57.0 Å². The highest BCUT2D eigenvalue weighted by molar-refractivity contribution is 5.70. The smallest absolute Gasteiger partial charge is 0.411 e. The molecule has 0 spiro atoms. The van der Waals surface area contributed by atoms with Gasteiger partial charge in [0.15, 0.2) is 0 Å². The Morgan fingerprint density at radius 2 is 1.73 bits per heavy atom. The molecule has 0 bridgehead atoms. The van der Waals surface area contributed by atoms with Crippen LogP contribution in [0.2, 0.25) is 0 Å². The van der Waals surface area contributed by atoms with Crippen molar-refractivity contribution >= 4 is 12.0 Å². The molecule has 3 aromatic rings. The van der Waals surface area contributed by atoms with E-state index in [0.29, 0.717) is 38.4 Å². The summed E-state index contributed by atoms with van der Waals surface area (Å²) in [6.07, 6.45) is 3.21. The number of anilines is 1. The third kappa shape index (κ3) is 5.30. The van der Waals surface area contributed by atoms with Gasteiger partial charge in [-0.3, -0.25) is 0 Å². The van der Waals surface area contributed by atoms with Crippen LogP contribution in [0.4, 0.5) is 15.1 Å². The van der Waals surface area contributed by atoms with Crippen molar-refractivity contribution in [3.8, 4) is 11.1 Å². The molecule has 0 radical (unpaired) electrons. The standard InChI is InChI=1S/C29H33FN4O3/c1-20(21-9-11-22(12-10-21)23-15-31-26(32-16-23)33-17-25(30)18-33)34-14-13-29(37-27(34)35,19-28(2,3)36)24-7-5-4-6-8-24/h4-12,15-16,20,25,36H,13-14,17-19H2,1-3H3/t20-,29-/m0/s1. The number of aliphatic hydroxyl groups is 1. The summed E-state index contributed by atoms with van der Waals surface area (Å²) in [5.41, 5.74) is 1.86. The fourth-order valence-electron chi connectivity index (χ4n) is 5.25. The van der Waals surface area contributed by atoms with E-state index >= 15 is 0 Å². The van der Waals surface area contributed by atoms with E-state index in [4.69, 9.17) is 4.74 Å². The molecule has 0 aliphatic carbocycles. The molecule has 1 amide bonds. The molecule has 1 aromatic heterocycles. The zero-order valence-corrected chi connectivity index (χ0v) is 21.5. The molecule has 0 saturated carbocycles. The van der Waals surface area contributed by atoms with Crippen molar-refractivity contribution in [1.82, 2.24) is 14.9 Å². The lowest BCUT2D eigenvalue weighted by Crippen LogP contribution is -2.51. The number of carbonyl (C=O) groups excluding carboxylic acids is 1. The quantitative estimate of drug-likeness (QED) is 0.473. The van der Waals surface area contributed by atoms with E-state index in [0.717, 1.165) is 22.3 Å². The number of hydrogen-bond donors (Lipinski definition) is 1. The number of hydrogen-bond acceptors (Lipinski definition) is 6. The van der Waals surface area contributed by atoms with Gasteiger partial charge in [0, 0.05) is 37.3 Å². The van der Waals surface area contributed by atoms with E-state index in [2.05, 4.69) is 9.97 Å². The Balaban J connectivity index is 1.28. The molecular formula is C29H33FN4O3. The maximum absolute atomic E-state index is 13.3. The molecule has 2 fully saturated rings. The van der Waals surface area contributed by atoms with Crippen LogP contribution in [-0.4, -0.2) is 57.5 Å². The predicted molar refractivity (Wildman–Crippen MR) is 140 cm³/mol. The second-order valence-electron chi connectivity index (χ2n) is 10.7. The predicted octanol–water partition coefficient (Wildman–Crippen LogP) is 5.26. The highest BCUT2D eigenvalue weighted by Crippen LogP contribution is 2.42. The van der Waals surface area contributed by atoms with Gasteiger partial charge in [-0.2, -0.15) is 0 Å². The van der Waals surface area contributed by atoms with E-state index < -0.39 is 17.4 Å². The average molecular weight is 505 g/mol. The van der Waals surface area contributed by atoms with E-state index in [-0.39, 0.29) is 12.1 Å². The number of halogens is 1. The summed E-state index contributed by atoms with van der Waals surface area (Å²) in [5, 5.41) is 10.6. The van der Waals surface area contributed by atoms with Crippen LogP contribution in [0, 0.1) is 0 Å². The van der Waals surface area contributed by atoms with Gasteiger partial charge in [-0.1, -0.05) is 54.6 Å². The zero-order chi connectivity index (χ0) is 26.2. The molecule has 2 aliphatic heterocycles. The lowest BCUT2D eigenvalue weighted by molar-refractivity contribution is -0.101. The van der Waals surface area contributed by atoms with Gasteiger partial charge in [-0.15, -0.1) is 0 Å². The molecule has 2 aliphatic rings. The van der Waals surface area contributed by atoms with Crippen LogP contribution in [0.5, 0.6) is 0 Å². The number of benzene rings is 2. The molecule has 8 heteroatoms. The molecule has 2 saturated heterocycles. The highest BCUT2D eigenvalue weighted by atomic mass is 19.1. The second kappa shape index (κ2) is 9.74. The highest BCUT2D eigenvalue weighted by Gasteiger charge is 2.46. The normalized spacial score (nSPS) is 21.4. The Labute approximate surface area is 216 Å². The van der Waals surface area contributed by atoms with Gasteiger partial charge in [-0.05, 0) is 37.5 Å². The summed E-state index contributed by atoms with van der Waals surface area (Å²) in [6, 6.07) is 17.5. The lowest BCUT2D eigenvalue weighted by atomic mass is 9.80. The van der Waals surface area contributed by atoms with Crippen LogP contribution >= 0.6 is 0 Å². The molecule has 194 valence electrons. The van der Waals surface area contributed by atoms with E-state index in [1.54, 1.807) is 31.1 Å². The second-order valence-corrected chi connectivity index (χ2v) is 10.7. The van der Waals surface area contributed by atoms with Gasteiger partial charge in [0.1, 0.15) is 11.8 Å². The Hall–Kier alpha value is -3.52. The minimum atomic E-state index is -0.993. The maximum Gasteiger partial charge on any atom is 0.411 e. The van der Waals surface area contributed by atoms with Gasteiger partial charge in [-0.25, -0.2) is 19.2 Å². The number of aromatic nitrogens is 2.